The number of imide groups is 2. The zero-order valence-corrected chi connectivity index (χ0v) is 20.1. The van der Waals surface area contributed by atoms with Crippen molar-refractivity contribution in [2.45, 2.75) is 0 Å². The van der Waals surface area contributed by atoms with Gasteiger partial charge in [-0.05, 0) is 12.1 Å². The van der Waals surface area contributed by atoms with E-state index in [0.29, 0.717) is 16.7 Å². The molecule has 0 aliphatic carbocycles. The third kappa shape index (κ3) is 8.97. The van der Waals surface area contributed by atoms with Crippen molar-refractivity contribution in [2.75, 3.05) is 38.5 Å². The van der Waals surface area contributed by atoms with E-state index in [4.69, 9.17) is 10.8 Å². The Morgan fingerprint density at radius 2 is 1.62 bits per heavy atom. The van der Waals surface area contributed by atoms with Gasteiger partial charge in [0.15, 0.2) is 0 Å². The normalized spacial score (nSPS) is 12.4. The Kier molecular flexibility index (Phi) is 10.6. The number of nitrogens with zero attached hydrogens (tertiary/aromatic N) is 2. The maximum Gasteiger partial charge on any atom is 0.335 e. The first-order chi connectivity index (χ1) is 17.5. The molecule has 1 heterocycles. The number of rotatable bonds is 13. The molecule has 0 saturated carbocycles. The van der Waals surface area contributed by atoms with E-state index in [-0.39, 0.29) is 30.8 Å². The van der Waals surface area contributed by atoms with Crippen molar-refractivity contribution in [3.63, 3.8) is 0 Å². The minimum Gasteiger partial charge on any atom is -0.478 e. The molecular formula is C22H23N5O9S. The van der Waals surface area contributed by atoms with Gasteiger partial charge in [0.2, 0.25) is 28.7 Å². The summed E-state index contributed by atoms with van der Waals surface area (Å²) in [5.41, 5.74) is 5.01. The fraction of sp³-hybridized carbons (Fsp3) is 0.273. The second kappa shape index (κ2) is 13.6. The molecule has 5 N–H and O–H groups in total. The highest BCUT2D eigenvalue weighted by Crippen LogP contribution is 2.15. The van der Waals surface area contributed by atoms with E-state index in [1.165, 1.54) is 18.2 Å². The average molecular weight is 534 g/mol. The molecule has 14 nitrogen and oxygen atoms in total. The third-order valence-electron chi connectivity index (χ3n) is 4.72. The number of benzene rings is 1. The van der Waals surface area contributed by atoms with Gasteiger partial charge in [0.1, 0.15) is 6.54 Å². The predicted octanol–water partition coefficient (Wildman–Crippen LogP) is -2.27. The second-order valence-corrected chi connectivity index (χ2v) is 8.37. The molecule has 15 heteroatoms. The fourth-order valence-electron chi connectivity index (χ4n) is 2.92. The number of nitrogens with two attached hydrogens (primary N) is 1. The van der Waals surface area contributed by atoms with Crippen LogP contribution in [0.3, 0.4) is 0 Å². The van der Waals surface area contributed by atoms with Gasteiger partial charge in [-0.15, -0.1) is 0 Å². The number of thioether (sulfide) groups is 1. The minimum atomic E-state index is -1.24. The topological polar surface area (TPSA) is 213 Å². The Bertz CT molecular complexity index is 1150. The number of carbonyl (C=O) groups excluding carboxylic acids is 7. The van der Waals surface area contributed by atoms with Crippen LogP contribution in [-0.2, 0) is 28.8 Å². The SMILES string of the molecule is NC(=O)CN(C(=O)CNC(=O)CNCCN1C(=O)C=CC1=O)C(=O)CSC(=O)c1cccc(C(=O)O)c1. The molecule has 0 unspecified atom stereocenters. The lowest BCUT2D eigenvalue weighted by molar-refractivity contribution is -0.146. The van der Waals surface area contributed by atoms with Crippen LogP contribution in [0.2, 0.25) is 0 Å². The molecule has 37 heavy (non-hydrogen) atoms. The lowest BCUT2D eigenvalue weighted by atomic mass is 10.1. The molecule has 0 spiro atoms. The van der Waals surface area contributed by atoms with Crippen LogP contribution < -0.4 is 16.4 Å². The molecule has 1 aromatic rings. The largest absolute Gasteiger partial charge is 0.478 e. The second-order valence-electron chi connectivity index (χ2n) is 7.42. The van der Waals surface area contributed by atoms with Gasteiger partial charge in [-0.1, -0.05) is 23.9 Å². The van der Waals surface area contributed by atoms with Crippen LogP contribution in [0, 0.1) is 0 Å². The summed E-state index contributed by atoms with van der Waals surface area (Å²) >= 11 is 0.498. The summed E-state index contributed by atoms with van der Waals surface area (Å²) in [6.07, 6.45) is 2.26. The van der Waals surface area contributed by atoms with Crippen molar-refractivity contribution in [2.24, 2.45) is 5.73 Å². The van der Waals surface area contributed by atoms with E-state index in [2.05, 4.69) is 10.6 Å². The van der Waals surface area contributed by atoms with Crippen molar-refractivity contribution in [1.82, 2.24) is 20.4 Å². The average Bonchev–Trinajstić information content (AvgIpc) is 3.18. The van der Waals surface area contributed by atoms with Crippen molar-refractivity contribution in [3.05, 3.63) is 47.5 Å². The molecule has 1 aromatic carbocycles. The van der Waals surface area contributed by atoms with Crippen molar-refractivity contribution >= 4 is 58.3 Å². The van der Waals surface area contributed by atoms with Gasteiger partial charge in [-0.2, -0.15) is 0 Å². The monoisotopic (exact) mass is 533 g/mol. The van der Waals surface area contributed by atoms with Crippen LogP contribution in [0.5, 0.6) is 0 Å². The van der Waals surface area contributed by atoms with Gasteiger partial charge < -0.3 is 21.5 Å². The molecule has 6 amide bonds. The van der Waals surface area contributed by atoms with Crippen LogP contribution in [0.25, 0.3) is 0 Å². The zero-order valence-electron chi connectivity index (χ0n) is 19.3. The number of amides is 6. The van der Waals surface area contributed by atoms with Crippen molar-refractivity contribution in [3.8, 4) is 0 Å². The predicted molar refractivity (Wildman–Crippen MR) is 128 cm³/mol. The Hall–Kier alpha value is -4.37. The van der Waals surface area contributed by atoms with Crippen LogP contribution in [0.1, 0.15) is 20.7 Å². The Balaban J connectivity index is 1.82. The number of carboxylic acids is 1. The van der Waals surface area contributed by atoms with Crippen LogP contribution in [0.4, 0.5) is 0 Å². The number of carboxylic acid groups (broad SMARTS) is 1. The first kappa shape index (κ1) is 28.9. The highest BCUT2D eigenvalue weighted by Gasteiger charge is 2.25. The fourth-order valence-corrected chi connectivity index (χ4v) is 3.62. The Labute approximate surface area is 214 Å². The number of primary amides is 1. The maximum absolute atomic E-state index is 12.5. The van der Waals surface area contributed by atoms with E-state index < -0.39 is 65.4 Å². The van der Waals surface area contributed by atoms with Crippen molar-refractivity contribution < 1.29 is 43.5 Å². The number of nitrogens with one attached hydrogen (secondary N) is 2. The summed E-state index contributed by atoms with van der Waals surface area (Å²) in [4.78, 5) is 96.0. The standard InChI is InChI=1S/C22H23N5O9S/c23-15(28)11-27(20(33)12-37-22(36)14-3-1-2-13(8-14)21(34)35)19(32)10-25-16(29)9-24-6-7-26-17(30)4-5-18(26)31/h1-5,8,24H,6-7,9-12H2,(H2,23,28)(H,25,29)(H,34,35). The minimum absolute atomic E-state index is 0.0277. The highest BCUT2D eigenvalue weighted by molar-refractivity contribution is 8.14. The van der Waals surface area contributed by atoms with Gasteiger partial charge >= 0.3 is 5.97 Å². The number of hydrogen-bond acceptors (Lipinski definition) is 10. The van der Waals surface area contributed by atoms with Gasteiger partial charge in [-0.25, -0.2) is 4.79 Å². The zero-order chi connectivity index (χ0) is 27.5. The van der Waals surface area contributed by atoms with Gasteiger partial charge in [-0.3, -0.25) is 43.4 Å². The van der Waals surface area contributed by atoms with Crippen LogP contribution in [0.15, 0.2) is 36.4 Å². The van der Waals surface area contributed by atoms with E-state index >= 15 is 0 Å². The van der Waals surface area contributed by atoms with Gasteiger partial charge in [0.05, 0.1) is 24.4 Å². The molecule has 0 atom stereocenters. The van der Waals surface area contributed by atoms with Crippen molar-refractivity contribution in [1.29, 1.82) is 0 Å². The summed E-state index contributed by atoms with van der Waals surface area (Å²) < 4.78 is 0. The van der Waals surface area contributed by atoms with E-state index in [0.717, 1.165) is 23.1 Å². The number of carbonyl (C=O) groups is 8. The molecule has 2 rings (SSSR count). The van der Waals surface area contributed by atoms with Gasteiger partial charge in [0, 0.05) is 30.8 Å². The summed E-state index contributed by atoms with van der Waals surface area (Å²) in [5, 5.41) is 13.3. The lowest BCUT2D eigenvalue weighted by Gasteiger charge is -2.19. The number of hydrogen-bond donors (Lipinski definition) is 4. The molecule has 0 aromatic heterocycles. The molecule has 196 valence electrons. The Morgan fingerprint density at radius 3 is 2.24 bits per heavy atom. The van der Waals surface area contributed by atoms with E-state index in [9.17, 15) is 38.4 Å². The molecule has 0 fully saturated rings. The molecule has 1 aliphatic heterocycles. The first-order valence-electron chi connectivity index (χ1n) is 10.6. The number of aromatic carboxylic acids is 1. The molecular weight excluding hydrogens is 510 g/mol. The van der Waals surface area contributed by atoms with E-state index in [1.807, 2.05) is 0 Å². The summed E-state index contributed by atoms with van der Waals surface area (Å²) in [6, 6.07) is 5.15. The molecule has 0 radical (unpaired) electrons. The van der Waals surface area contributed by atoms with E-state index in [1.54, 1.807) is 0 Å². The summed E-state index contributed by atoms with van der Waals surface area (Å²) in [7, 11) is 0. The highest BCUT2D eigenvalue weighted by atomic mass is 32.2. The molecule has 0 bridgehead atoms. The lowest BCUT2D eigenvalue weighted by Crippen LogP contribution is -2.49. The van der Waals surface area contributed by atoms with Crippen LogP contribution >= 0.6 is 11.8 Å². The first-order valence-corrected chi connectivity index (χ1v) is 11.6. The third-order valence-corrected chi connectivity index (χ3v) is 5.61. The summed E-state index contributed by atoms with van der Waals surface area (Å²) in [6.45, 7) is -1.53. The Morgan fingerprint density at radius 1 is 0.973 bits per heavy atom. The smallest absolute Gasteiger partial charge is 0.335 e. The maximum atomic E-state index is 12.5. The summed E-state index contributed by atoms with van der Waals surface area (Å²) in [5.74, 6) is -6.21. The molecule has 0 saturated heterocycles. The van der Waals surface area contributed by atoms with Crippen LogP contribution in [-0.4, -0.2) is 99.9 Å². The molecule has 1 aliphatic rings. The quantitative estimate of drug-likeness (QED) is 0.157. The van der Waals surface area contributed by atoms with Gasteiger partial charge in [0.25, 0.3) is 11.8 Å².